The Morgan fingerprint density at radius 2 is 1.03 bits per heavy atom. The van der Waals surface area contributed by atoms with Gasteiger partial charge in [0.2, 0.25) is 0 Å². The maximum atomic E-state index is 4.34. The first-order chi connectivity index (χ1) is 19.3. The number of rotatable bonds is 5. The van der Waals surface area contributed by atoms with E-state index in [1.54, 1.807) is 0 Å². The minimum absolute atomic E-state index is 1.10. The summed E-state index contributed by atoms with van der Waals surface area (Å²) in [6, 6.07) is 51.9. The fourth-order valence-corrected chi connectivity index (χ4v) is 5.37. The zero-order valence-corrected chi connectivity index (χ0v) is 21.4. The average molecular weight is 499 g/mol. The minimum Gasteiger partial charge on any atom is -0.310 e. The third-order valence-corrected chi connectivity index (χ3v) is 7.32. The lowest BCUT2D eigenvalue weighted by Crippen LogP contribution is -2.10. The van der Waals surface area contributed by atoms with E-state index in [9.17, 15) is 0 Å². The number of hydrogen-bond donors (Lipinski definition) is 0. The van der Waals surface area contributed by atoms with Crippen LogP contribution in [0.5, 0.6) is 0 Å². The maximum Gasteiger partial charge on any atom is 0.0468 e. The van der Waals surface area contributed by atoms with Crippen LogP contribution in [0.2, 0.25) is 0 Å². The van der Waals surface area contributed by atoms with E-state index in [-0.39, 0.29) is 0 Å². The first-order valence-corrected chi connectivity index (χ1v) is 13.2. The van der Waals surface area contributed by atoms with Crippen molar-refractivity contribution in [2.75, 3.05) is 4.90 Å². The lowest BCUT2D eigenvalue weighted by molar-refractivity contribution is 1.28. The van der Waals surface area contributed by atoms with Crippen LogP contribution < -0.4 is 4.90 Å². The summed E-state index contributed by atoms with van der Waals surface area (Å²) in [5.41, 5.74) is 7.98. The molecule has 0 atom stereocenters. The minimum atomic E-state index is 1.10. The maximum absolute atomic E-state index is 4.34. The van der Waals surface area contributed by atoms with Crippen molar-refractivity contribution in [3.05, 3.63) is 158 Å². The molecule has 0 bridgehead atoms. The molecule has 7 rings (SSSR count). The van der Waals surface area contributed by atoms with Gasteiger partial charge in [0, 0.05) is 35.0 Å². The van der Waals surface area contributed by atoms with Crippen LogP contribution in [-0.2, 0) is 0 Å². The van der Waals surface area contributed by atoms with Crippen LogP contribution >= 0.6 is 0 Å². The molecule has 0 aliphatic rings. The predicted octanol–water partition coefficient (Wildman–Crippen LogP) is 10.2. The van der Waals surface area contributed by atoms with Crippen molar-refractivity contribution in [2.24, 2.45) is 0 Å². The molecule has 2 nitrogen and oxygen atoms in total. The van der Waals surface area contributed by atoms with Crippen LogP contribution in [0.15, 0.2) is 158 Å². The molecule has 184 valence electrons. The molecule has 0 saturated carbocycles. The normalized spacial score (nSPS) is 11.1. The summed E-state index contributed by atoms with van der Waals surface area (Å²) in [5, 5.41) is 5.00. The van der Waals surface area contributed by atoms with Crippen LogP contribution in [0.4, 0.5) is 17.1 Å². The van der Waals surface area contributed by atoms with Gasteiger partial charge in [0.05, 0.1) is 0 Å². The molecule has 0 radical (unpaired) electrons. The standard InChI is InChI=1S/C37H26N2/c1-2-8-27(9-3-1)28-17-20-33(21-18-28)39(34-13-6-11-31(24-34)32-12-7-23-38-26-32)35-22-19-30-16-15-29-10-4-5-14-36(29)37(30)25-35/h1-26H. The first-order valence-electron chi connectivity index (χ1n) is 13.2. The van der Waals surface area contributed by atoms with Crippen LogP contribution in [0.3, 0.4) is 0 Å². The van der Waals surface area contributed by atoms with Crippen LogP contribution in [0.1, 0.15) is 0 Å². The van der Waals surface area contributed by atoms with Gasteiger partial charge < -0.3 is 4.90 Å². The van der Waals surface area contributed by atoms with Gasteiger partial charge in [-0.1, -0.05) is 103 Å². The van der Waals surface area contributed by atoms with Gasteiger partial charge in [-0.3, -0.25) is 4.98 Å². The Morgan fingerprint density at radius 1 is 0.385 bits per heavy atom. The van der Waals surface area contributed by atoms with Crippen molar-refractivity contribution < 1.29 is 0 Å². The van der Waals surface area contributed by atoms with Crippen molar-refractivity contribution in [3.8, 4) is 22.3 Å². The molecular weight excluding hydrogens is 472 g/mol. The zero-order chi connectivity index (χ0) is 26.0. The number of anilines is 3. The van der Waals surface area contributed by atoms with Gasteiger partial charge in [-0.2, -0.15) is 0 Å². The molecule has 6 aromatic carbocycles. The van der Waals surface area contributed by atoms with Gasteiger partial charge in [-0.05, 0) is 80.7 Å². The molecular formula is C37H26N2. The number of fused-ring (bicyclic) bond motifs is 3. The molecule has 0 N–H and O–H groups in total. The number of benzene rings is 6. The van der Waals surface area contributed by atoms with Crippen molar-refractivity contribution in [1.29, 1.82) is 0 Å². The Labute approximate surface area is 228 Å². The third-order valence-electron chi connectivity index (χ3n) is 7.32. The summed E-state index contributed by atoms with van der Waals surface area (Å²) >= 11 is 0. The molecule has 0 aliphatic heterocycles. The Balaban J connectivity index is 1.40. The Hall–Kier alpha value is -5.21. The highest BCUT2D eigenvalue weighted by Gasteiger charge is 2.15. The quantitative estimate of drug-likeness (QED) is 0.219. The van der Waals surface area contributed by atoms with Gasteiger partial charge >= 0.3 is 0 Å². The Bertz CT molecular complexity index is 1890. The number of hydrogen-bond acceptors (Lipinski definition) is 2. The van der Waals surface area contributed by atoms with E-state index in [0.29, 0.717) is 0 Å². The molecule has 0 saturated heterocycles. The summed E-state index contributed by atoms with van der Waals surface area (Å²) in [7, 11) is 0. The second-order valence-corrected chi connectivity index (χ2v) is 9.73. The van der Waals surface area contributed by atoms with Crippen LogP contribution in [-0.4, -0.2) is 4.98 Å². The summed E-state index contributed by atoms with van der Waals surface area (Å²) in [6.45, 7) is 0. The summed E-state index contributed by atoms with van der Waals surface area (Å²) in [6.07, 6.45) is 3.73. The molecule has 7 aromatic rings. The summed E-state index contributed by atoms with van der Waals surface area (Å²) < 4.78 is 0. The fourth-order valence-electron chi connectivity index (χ4n) is 5.37. The van der Waals surface area contributed by atoms with Crippen molar-refractivity contribution >= 4 is 38.6 Å². The molecule has 1 aromatic heterocycles. The number of pyridine rings is 1. The van der Waals surface area contributed by atoms with E-state index in [2.05, 4.69) is 149 Å². The Kier molecular flexibility index (Phi) is 5.84. The van der Waals surface area contributed by atoms with E-state index in [1.165, 1.54) is 32.7 Å². The molecule has 0 unspecified atom stereocenters. The van der Waals surface area contributed by atoms with Crippen molar-refractivity contribution in [3.63, 3.8) is 0 Å². The second-order valence-electron chi connectivity index (χ2n) is 9.73. The van der Waals surface area contributed by atoms with Crippen LogP contribution in [0, 0.1) is 0 Å². The van der Waals surface area contributed by atoms with E-state index in [4.69, 9.17) is 0 Å². The first kappa shape index (κ1) is 22.9. The van der Waals surface area contributed by atoms with Gasteiger partial charge in [0.15, 0.2) is 0 Å². The highest BCUT2D eigenvalue weighted by Crippen LogP contribution is 2.39. The van der Waals surface area contributed by atoms with E-state index >= 15 is 0 Å². The van der Waals surface area contributed by atoms with Gasteiger partial charge in [-0.25, -0.2) is 0 Å². The van der Waals surface area contributed by atoms with Crippen LogP contribution in [0.25, 0.3) is 43.8 Å². The SMILES string of the molecule is c1ccc(-c2ccc(N(c3cccc(-c4cccnc4)c3)c3ccc4ccc5ccccc5c4c3)cc2)cc1. The molecule has 0 fully saturated rings. The van der Waals surface area contributed by atoms with Gasteiger partial charge in [0.25, 0.3) is 0 Å². The lowest BCUT2D eigenvalue weighted by Gasteiger charge is -2.27. The molecule has 0 amide bonds. The molecule has 0 spiro atoms. The Morgan fingerprint density at radius 3 is 1.85 bits per heavy atom. The van der Waals surface area contributed by atoms with Gasteiger partial charge in [0.1, 0.15) is 0 Å². The second kappa shape index (κ2) is 9.92. The highest BCUT2D eigenvalue weighted by atomic mass is 15.1. The molecule has 39 heavy (non-hydrogen) atoms. The van der Waals surface area contributed by atoms with Crippen molar-refractivity contribution in [2.45, 2.75) is 0 Å². The summed E-state index contributed by atoms with van der Waals surface area (Å²) in [5.74, 6) is 0. The summed E-state index contributed by atoms with van der Waals surface area (Å²) in [4.78, 5) is 6.68. The third kappa shape index (κ3) is 4.43. The van der Waals surface area contributed by atoms with Crippen molar-refractivity contribution in [1.82, 2.24) is 4.98 Å². The van der Waals surface area contributed by atoms with E-state index < -0.39 is 0 Å². The average Bonchev–Trinajstić information content (AvgIpc) is 3.02. The largest absolute Gasteiger partial charge is 0.310 e. The molecule has 1 heterocycles. The lowest BCUT2D eigenvalue weighted by atomic mass is 10.0. The van der Waals surface area contributed by atoms with Gasteiger partial charge in [-0.15, -0.1) is 0 Å². The number of nitrogens with zero attached hydrogens (tertiary/aromatic N) is 2. The monoisotopic (exact) mass is 498 g/mol. The fraction of sp³-hybridized carbons (Fsp3) is 0. The molecule has 2 heteroatoms. The van der Waals surface area contributed by atoms with E-state index in [1.807, 2.05) is 18.5 Å². The molecule has 0 aliphatic carbocycles. The zero-order valence-electron chi connectivity index (χ0n) is 21.4. The smallest absolute Gasteiger partial charge is 0.0468 e. The highest BCUT2D eigenvalue weighted by molar-refractivity contribution is 6.09. The topological polar surface area (TPSA) is 16.1 Å². The number of aromatic nitrogens is 1. The van der Waals surface area contributed by atoms with E-state index in [0.717, 1.165) is 28.2 Å². The predicted molar refractivity (Wildman–Crippen MR) is 165 cm³/mol.